The largest absolute Gasteiger partial charge is 0.311 e. The van der Waals surface area contributed by atoms with Crippen molar-refractivity contribution in [2.45, 2.75) is 90.5 Å². The first-order valence-corrected chi connectivity index (χ1v) is 8.13. The summed E-state index contributed by atoms with van der Waals surface area (Å²) >= 11 is 0. The molecule has 18 heavy (non-hydrogen) atoms. The fourth-order valence-electron chi connectivity index (χ4n) is 3.16. The highest BCUT2D eigenvalue weighted by Gasteiger charge is 2.26. The minimum Gasteiger partial charge on any atom is -0.311 e. The van der Waals surface area contributed by atoms with Crippen LogP contribution in [0, 0.1) is 0 Å². The molecular weight excluding hydrogens is 218 g/mol. The predicted molar refractivity (Wildman–Crippen MR) is 82.0 cm³/mol. The van der Waals surface area contributed by atoms with Crippen LogP contribution in [0.3, 0.4) is 0 Å². The highest BCUT2D eigenvalue weighted by atomic mass is 15.0. The standard InChI is InChI=1S/C17H33N/c1-4-6-7-8-9-10-12-16-13-11-14-17(3,15-16)18-5-2/h13,18H,4-12,14-15H2,1-3H3/t17-/m1/s1. The number of hydrogen-bond donors (Lipinski definition) is 1. The summed E-state index contributed by atoms with van der Waals surface area (Å²) in [5.41, 5.74) is 2.08. The molecule has 0 spiro atoms. The van der Waals surface area contributed by atoms with Crippen molar-refractivity contribution in [3.8, 4) is 0 Å². The van der Waals surface area contributed by atoms with E-state index in [4.69, 9.17) is 0 Å². The molecule has 0 amide bonds. The summed E-state index contributed by atoms with van der Waals surface area (Å²) in [6, 6.07) is 0. The van der Waals surface area contributed by atoms with Gasteiger partial charge < -0.3 is 5.32 Å². The van der Waals surface area contributed by atoms with E-state index in [1.54, 1.807) is 5.57 Å². The van der Waals surface area contributed by atoms with Crippen molar-refractivity contribution in [1.82, 2.24) is 5.32 Å². The lowest BCUT2D eigenvalue weighted by Crippen LogP contribution is -2.43. The second-order valence-electron chi connectivity index (χ2n) is 6.19. The molecule has 1 aliphatic rings. The highest BCUT2D eigenvalue weighted by molar-refractivity contribution is 5.12. The second kappa shape index (κ2) is 8.74. The zero-order valence-corrected chi connectivity index (χ0v) is 12.9. The molecule has 1 rings (SSSR count). The van der Waals surface area contributed by atoms with E-state index in [1.807, 2.05) is 0 Å². The molecule has 0 aromatic rings. The quantitative estimate of drug-likeness (QED) is 0.438. The summed E-state index contributed by atoms with van der Waals surface area (Å²) < 4.78 is 0. The van der Waals surface area contributed by atoms with E-state index < -0.39 is 0 Å². The molecule has 106 valence electrons. The van der Waals surface area contributed by atoms with Crippen LogP contribution in [0.25, 0.3) is 0 Å². The van der Waals surface area contributed by atoms with Crippen LogP contribution in [-0.2, 0) is 0 Å². The molecule has 0 bridgehead atoms. The van der Waals surface area contributed by atoms with Gasteiger partial charge in [0.15, 0.2) is 0 Å². The van der Waals surface area contributed by atoms with Crippen LogP contribution in [0.15, 0.2) is 11.6 Å². The summed E-state index contributed by atoms with van der Waals surface area (Å²) in [6.45, 7) is 8.00. The molecular formula is C17H33N. The van der Waals surface area contributed by atoms with Crippen molar-refractivity contribution in [3.63, 3.8) is 0 Å². The van der Waals surface area contributed by atoms with E-state index in [1.165, 1.54) is 64.2 Å². The van der Waals surface area contributed by atoms with E-state index in [0.717, 1.165) is 6.54 Å². The Morgan fingerprint density at radius 3 is 2.56 bits per heavy atom. The molecule has 1 nitrogen and oxygen atoms in total. The monoisotopic (exact) mass is 251 g/mol. The SMILES string of the molecule is CCCCCCCCC1=CCC[C@@](C)(NCC)C1. The van der Waals surface area contributed by atoms with Crippen LogP contribution < -0.4 is 5.32 Å². The smallest absolute Gasteiger partial charge is 0.0193 e. The lowest BCUT2D eigenvalue weighted by atomic mass is 9.81. The minimum atomic E-state index is 0.376. The Morgan fingerprint density at radius 2 is 1.83 bits per heavy atom. The number of hydrogen-bond acceptors (Lipinski definition) is 1. The van der Waals surface area contributed by atoms with Crippen LogP contribution in [0.5, 0.6) is 0 Å². The fourth-order valence-corrected chi connectivity index (χ4v) is 3.16. The van der Waals surface area contributed by atoms with Gasteiger partial charge in [0.2, 0.25) is 0 Å². The van der Waals surface area contributed by atoms with Crippen molar-refractivity contribution in [2.24, 2.45) is 0 Å². The third-order valence-corrected chi connectivity index (χ3v) is 4.20. The molecule has 0 aromatic heterocycles. The lowest BCUT2D eigenvalue weighted by Gasteiger charge is -2.35. The lowest BCUT2D eigenvalue weighted by molar-refractivity contribution is 0.320. The third kappa shape index (κ3) is 6.04. The van der Waals surface area contributed by atoms with Gasteiger partial charge in [-0.3, -0.25) is 0 Å². The van der Waals surface area contributed by atoms with Crippen LogP contribution >= 0.6 is 0 Å². The number of rotatable bonds is 9. The third-order valence-electron chi connectivity index (χ3n) is 4.20. The molecule has 0 fully saturated rings. The summed E-state index contributed by atoms with van der Waals surface area (Å²) in [4.78, 5) is 0. The Balaban J connectivity index is 2.16. The van der Waals surface area contributed by atoms with Crippen molar-refractivity contribution in [2.75, 3.05) is 6.54 Å². The first-order valence-electron chi connectivity index (χ1n) is 8.13. The Hall–Kier alpha value is -0.300. The molecule has 1 atom stereocenters. The van der Waals surface area contributed by atoms with E-state index in [9.17, 15) is 0 Å². The molecule has 0 aliphatic heterocycles. The van der Waals surface area contributed by atoms with Crippen LogP contribution in [0.1, 0.15) is 85.0 Å². The Bertz CT molecular complexity index is 244. The van der Waals surface area contributed by atoms with Gasteiger partial charge in [-0.1, -0.05) is 57.6 Å². The molecule has 0 radical (unpaired) electrons. The molecule has 0 unspecified atom stereocenters. The van der Waals surface area contributed by atoms with E-state index >= 15 is 0 Å². The Labute approximate surface area is 114 Å². The molecule has 1 heteroatoms. The van der Waals surface area contributed by atoms with E-state index in [-0.39, 0.29) is 0 Å². The zero-order valence-electron chi connectivity index (χ0n) is 12.9. The zero-order chi connectivity index (χ0) is 13.3. The van der Waals surface area contributed by atoms with E-state index in [0.29, 0.717) is 5.54 Å². The van der Waals surface area contributed by atoms with Crippen molar-refractivity contribution in [1.29, 1.82) is 0 Å². The summed E-state index contributed by atoms with van der Waals surface area (Å²) in [5.74, 6) is 0. The van der Waals surface area contributed by atoms with Crippen molar-refractivity contribution in [3.05, 3.63) is 11.6 Å². The molecule has 0 aromatic carbocycles. The Morgan fingerprint density at radius 1 is 1.11 bits per heavy atom. The fraction of sp³-hybridized carbons (Fsp3) is 0.882. The van der Waals surface area contributed by atoms with E-state index in [2.05, 4.69) is 32.2 Å². The van der Waals surface area contributed by atoms with Gasteiger partial charge in [-0.15, -0.1) is 0 Å². The van der Waals surface area contributed by atoms with Gasteiger partial charge in [0.25, 0.3) is 0 Å². The predicted octanol–water partition coefficient (Wildman–Crippen LogP) is 5.22. The van der Waals surface area contributed by atoms with Crippen LogP contribution in [0.2, 0.25) is 0 Å². The number of nitrogens with one attached hydrogen (secondary N) is 1. The first kappa shape index (κ1) is 15.8. The normalized spacial score (nSPS) is 24.1. The number of allylic oxidation sites excluding steroid dienone is 1. The van der Waals surface area contributed by atoms with Crippen LogP contribution in [0.4, 0.5) is 0 Å². The molecule has 1 N–H and O–H groups in total. The topological polar surface area (TPSA) is 12.0 Å². The van der Waals surface area contributed by atoms with Crippen molar-refractivity contribution >= 4 is 0 Å². The Kier molecular flexibility index (Phi) is 7.65. The first-order chi connectivity index (χ1) is 8.70. The van der Waals surface area contributed by atoms with Crippen LogP contribution in [-0.4, -0.2) is 12.1 Å². The average Bonchev–Trinajstić information content (AvgIpc) is 2.34. The molecule has 1 aliphatic carbocycles. The van der Waals surface area contributed by atoms with Gasteiger partial charge >= 0.3 is 0 Å². The summed E-state index contributed by atoms with van der Waals surface area (Å²) in [5, 5.41) is 3.67. The average molecular weight is 251 g/mol. The van der Waals surface area contributed by atoms with Gasteiger partial charge in [0.05, 0.1) is 0 Å². The summed E-state index contributed by atoms with van der Waals surface area (Å²) in [6.07, 6.45) is 16.2. The van der Waals surface area contributed by atoms with Gasteiger partial charge in [-0.2, -0.15) is 0 Å². The summed E-state index contributed by atoms with van der Waals surface area (Å²) in [7, 11) is 0. The minimum absolute atomic E-state index is 0.376. The van der Waals surface area contributed by atoms with Gasteiger partial charge in [0, 0.05) is 5.54 Å². The van der Waals surface area contributed by atoms with Gasteiger partial charge in [0.1, 0.15) is 0 Å². The van der Waals surface area contributed by atoms with Crippen molar-refractivity contribution < 1.29 is 0 Å². The maximum Gasteiger partial charge on any atom is 0.0193 e. The number of unbranched alkanes of at least 4 members (excludes halogenated alkanes) is 5. The van der Waals surface area contributed by atoms with Gasteiger partial charge in [-0.05, 0) is 45.6 Å². The molecule has 0 heterocycles. The molecule has 0 saturated carbocycles. The highest BCUT2D eigenvalue weighted by Crippen LogP contribution is 2.30. The van der Waals surface area contributed by atoms with Gasteiger partial charge in [-0.25, -0.2) is 0 Å². The maximum absolute atomic E-state index is 3.67. The molecule has 0 saturated heterocycles. The second-order valence-corrected chi connectivity index (χ2v) is 6.19. The maximum atomic E-state index is 3.67.